The SMILES string of the molecule is CC(=O)N1CCN(c2ccc(C3(Nc4ccc(OCc5ccc(C(F)(F)F)nc5)nn4)CC3)c(F)c2)CC1. The van der Waals surface area contributed by atoms with Crippen molar-refractivity contribution in [2.45, 2.75) is 38.1 Å². The Morgan fingerprint density at radius 2 is 1.82 bits per heavy atom. The van der Waals surface area contributed by atoms with E-state index in [1.54, 1.807) is 36.1 Å². The zero-order valence-corrected chi connectivity index (χ0v) is 20.6. The molecule has 8 nitrogen and oxygen atoms in total. The lowest BCUT2D eigenvalue weighted by Gasteiger charge is -2.35. The van der Waals surface area contributed by atoms with Gasteiger partial charge in [-0.15, -0.1) is 10.2 Å². The molecular weight excluding hydrogens is 504 g/mol. The van der Waals surface area contributed by atoms with Gasteiger partial charge in [-0.1, -0.05) is 12.1 Å². The molecule has 1 amide bonds. The second-order valence-corrected chi connectivity index (χ2v) is 9.46. The van der Waals surface area contributed by atoms with Gasteiger partial charge in [-0.3, -0.25) is 9.78 Å². The summed E-state index contributed by atoms with van der Waals surface area (Å²) in [5.41, 5.74) is 0.261. The van der Waals surface area contributed by atoms with Gasteiger partial charge in [0, 0.05) is 62.2 Å². The molecule has 2 aliphatic rings. The van der Waals surface area contributed by atoms with Gasteiger partial charge >= 0.3 is 6.18 Å². The Morgan fingerprint density at radius 3 is 2.37 bits per heavy atom. The minimum Gasteiger partial charge on any atom is -0.472 e. The van der Waals surface area contributed by atoms with Gasteiger partial charge in [0.1, 0.15) is 23.9 Å². The minimum atomic E-state index is -4.50. The summed E-state index contributed by atoms with van der Waals surface area (Å²) >= 11 is 0. The van der Waals surface area contributed by atoms with Crippen LogP contribution >= 0.6 is 0 Å². The van der Waals surface area contributed by atoms with Crippen molar-refractivity contribution < 1.29 is 27.1 Å². The molecule has 12 heteroatoms. The maximum absolute atomic E-state index is 15.2. The van der Waals surface area contributed by atoms with Crippen molar-refractivity contribution >= 4 is 17.4 Å². The predicted octanol–water partition coefficient (Wildman–Crippen LogP) is 4.38. The molecular formula is C26H26F4N6O2. The van der Waals surface area contributed by atoms with Crippen molar-refractivity contribution in [1.82, 2.24) is 20.1 Å². The van der Waals surface area contributed by atoms with Crippen LogP contribution in [0.25, 0.3) is 0 Å². The minimum absolute atomic E-state index is 0.0160. The van der Waals surface area contributed by atoms with Gasteiger partial charge < -0.3 is 19.9 Å². The number of nitrogens with zero attached hydrogens (tertiary/aromatic N) is 5. The van der Waals surface area contributed by atoms with E-state index in [4.69, 9.17) is 4.74 Å². The number of anilines is 2. The molecule has 1 aliphatic heterocycles. The Kier molecular flexibility index (Phi) is 6.80. The summed E-state index contributed by atoms with van der Waals surface area (Å²) in [5.74, 6) is 0.391. The summed E-state index contributed by atoms with van der Waals surface area (Å²) in [5, 5.41) is 11.4. The van der Waals surface area contributed by atoms with Gasteiger partial charge in [0.15, 0.2) is 0 Å². The molecule has 0 bridgehead atoms. The largest absolute Gasteiger partial charge is 0.472 e. The summed E-state index contributed by atoms with van der Waals surface area (Å²) < 4.78 is 58.6. The van der Waals surface area contributed by atoms with E-state index < -0.39 is 17.4 Å². The van der Waals surface area contributed by atoms with Gasteiger partial charge in [0.05, 0.1) is 5.54 Å². The molecule has 0 spiro atoms. The third kappa shape index (κ3) is 5.63. The summed E-state index contributed by atoms with van der Waals surface area (Å²) in [6.07, 6.45) is -1.91. The molecule has 38 heavy (non-hydrogen) atoms. The van der Waals surface area contributed by atoms with Crippen molar-refractivity contribution in [3.63, 3.8) is 0 Å². The van der Waals surface area contributed by atoms with E-state index in [1.807, 2.05) is 6.07 Å². The normalized spacial score (nSPS) is 16.8. The zero-order chi connectivity index (χ0) is 26.9. The second kappa shape index (κ2) is 10.1. The number of alkyl halides is 3. The Morgan fingerprint density at radius 1 is 1.05 bits per heavy atom. The molecule has 1 aliphatic carbocycles. The lowest BCUT2D eigenvalue weighted by Crippen LogP contribution is -2.48. The number of halogens is 4. The molecule has 200 valence electrons. The average Bonchev–Trinajstić information content (AvgIpc) is 3.68. The number of benzene rings is 1. The Hall–Kier alpha value is -3.96. The van der Waals surface area contributed by atoms with E-state index in [1.165, 1.54) is 6.07 Å². The van der Waals surface area contributed by atoms with Gasteiger partial charge in [-0.25, -0.2) is 4.39 Å². The fraction of sp³-hybridized carbons (Fsp3) is 0.385. The summed E-state index contributed by atoms with van der Waals surface area (Å²) in [6.45, 7) is 4.08. The van der Waals surface area contributed by atoms with Crippen LogP contribution in [0, 0.1) is 5.82 Å². The van der Waals surface area contributed by atoms with Crippen molar-refractivity contribution in [2.24, 2.45) is 0 Å². The number of hydrogen-bond acceptors (Lipinski definition) is 7. The highest BCUT2D eigenvalue weighted by Crippen LogP contribution is 2.49. The molecule has 3 heterocycles. The average molecular weight is 531 g/mol. The predicted molar refractivity (Wildman–Crippen MR) is 131 cm³/mol. The number of aromatic nitrogens is 3. The molecule has 0 atom stereocenters. The molecule has 5 rings (SSSR count). The first-order valence-electron chi connectivity index (χ1n) is 12.2. The highest BCUT2D eigenvalue weighted by molar-refractivity contribution is 5.73. The van der Waals surface area contributed by atoms with E-state index in [-0.39, 0.29) is 24.2 Å². The molecule has 0 unspecified atom stereocenters. The Labute approximate surface area is 216 Å². The fourth-order valence-electron chi connectivity index (χ4n) is 4.50. The zero-order valence-electron chi connectivity index (χ0n) is 20.6. The van der Waals surface area contributed by atoms with Gasteiger partial charge in [0.25, 0.3) is 0 Å². The number of carbonyl (C=O) groups is 1. The van der Waals surface area contributed by atoms with Crippen molar-refractivity contribution in [2.75, 3.05) is 36.4 Å². The van der Waals surface area contributed by atoms with E-state index >= 15 is 4.39 Å². The maximum atomic E-state index is 15.2. The molecule has 1 aromatic carbocycles. The van der Waals surface area contributed by atoms with Gasteiger partial charge in [0.2, 0.25) is 11.8 Å². The van der Waals surface area contributed by atoms with Crippen LogP contribution in [0.15, 0.2) is 48.7 Å². The molecule has 1 saturated carbocycles. The van der Waals surface area contributed by atoms with Crippen LogP contribution in [0.2, 0.25) is 0 Å². The smallest absolute Gasteiger partial charge is 0.433 e. The first kappa shape index (κ1) is 25.7. The lowest BCUT2D eigenvalue weighted by atomic mass is 10.0. The Bertz CT molecular complexity index is 1290. The van der Waals surface area contributed by atoms with Crippen molar-refractivity contribution in [3.8, 4) is 5.88 Å². The number of carbonyl (C=O) groups excluding carboxylic acids is 1. The molecule has 1 N–H and O–H groups in total. The van der Waals surface area contributed by atoms with Crippen molar-refractivity contribution in [1.29, 1.82) is 0 Å². The van der Waals surface area contributed by atoms with Crippen LogP contribution in [0.5, 0.6) is 5.88 Å². The van der Waals surface area contributed by atoms with Crippen LogP contribution in [0.1, 0.15) is 36.6 Å². The van der Waals surface area contributed by atoms with E-state index in [2.05, 4.69) is 25.4 Å². The van der Waals surface area contributed by atoms with E-state index in [0.29, 0.717) is 43.1 Å². The first-order valence-corrected chi connectivity index (χ1v) is 12.2. The number of piperazine rings is 1. The Balaban J connectivity index is 1.18. The molecule has 0 radical (unpaired) electrons. The number of amides is 1. The number of ether oxygens (including phenoxy) is 1. The monoisotopic (exact) mass is 530 g/mol. The topological polar surface area (TPSA) is 83.5 Å². The van der Waals surface area contributed by atoms with Gasteiger partial charge in [-0.2, -0.15) is 13.2 Å². The third-order valence-corrected chi connectivity index (χ3v) is 6.82. The molecule has 3 aromatic rings. The second-order valence-electron chi connectivity index (χ2n) is 9.46. The molecule has 2 aromatic heterocycles. The molecule has 2 fully saturated rings. The lowest BCUT2D eigenvalue weighted by molar-refractivity contribution is -0.141. The maximum Gasteiger partial charge on any atom is 0.433 e. The summed E-state index contributed by atoms with van der Waals surface area (Å²) in [4.78, 5) is 18.8. The summed E-state index contributed by atoms with van der Waals surface area (Å²) in [6, 6.07) is 10.7. The first-order chi connectivity index (χ1) is 18.1. The third-order valence-electron chi connectivity index (χ3n) is 6.82. The van der Waals surface area contributed by atoms with Crippen molar-refractivity contribution in [3.05, 3.63) is 71.3 Å². The highest BCUT2D eigenvalue weighted by Gasteiger charge is 2.46. The van der Waals surface area contributed by atoms with Crippen LogP contribution < -0.4 is 15.0 Å². The fourth-order valence-corrected chi connectivity index (χ4v) is 4.50. The highest BCUT2D eigenvalue weighted by atomic mass is 19.4. The number of rotatable bonds is 7. The van der Waals surface area contributed by atoms with E-state index in [9.17, 15) is 18.0 Å². The van der Waals surface area contributed by atoms with Crippen LogP contribution in [-0.4, -0.2) is 52.2 Å². The summed E-state index contributed by atoms with van der Waals surface area (Å²) in [7, 11) is 0. The van der Waals surface area contributed by atoms with Crippen LogP contribution in [0.4, 0.5) is 29.1 Å². The standard InChI is InChI=1S/C26H26F4N6O2/c1-17(37)35-10-12-36(13-11-35)19-3-4-20(21(27)14-19)25(8-9-25)32-23-6-7-24(34-33-23)38-16-18-2-5-22(31-15-18)26(28,29)30/h2-7,14-15H,8-13,16H2,1H3,(H,32,33). The van der Waals surface area contributed by atoms with Crippen LogP contribution in [-0.2, 0) is 23.1 Å². The number of hydrogen-bond donors (Lipinski definition) is 1. The molecule has 1 saturated heterocycles. The van der Waals surface area contributed by atoms with Crippen LogP contribution in [0.3, 0.4) is 0 Å². The number of pyridine rings is 1. The van der Waals surface area contributed by atoms with E-state index in [0.717, 1.165) is 30.8 Å². The van der Waals surface area contributed by atoms with Gasteiger partial charge in [-0.05, 0) is 37.1 Å². The quantitative estimate of drug-likeness (QED) is 0.454. The number of nitrogens with one attached hydrogen (secondary N) is 1.